The number of rotatable bonds is 10. The number of anilines is 3. The summed E-state index contributed by atoms with van der Waals surface area (Å²) in [7, 11) is 0. The first-order valence-corrected chi connectivity index (χ1v) is 28.0. The van der Waals surface area contributed by atoms with Gasteiger partial charge in [-0.05, 0) is 154 Å². The molecular weight excluding hydrogens is 971 g/mol. The first-order chi connectivity index (χ1) is 39.2. The monoisotopic (exact) mass is 1020 g/mol. The van der Waals surface area contributed by atoms with Gasteiger partial charge >= 0.3 is 0 Å². The van der Waals surface area contributed by atoms with E-state index in [1.807, 2.05) is 11.3 Å². The second-order valence-corrected chi connectivity index (χ2v) is 21.8. The average molecular weight is 1020 g/mol. The van der Waals surface area contributed by atoms with Gasteiger partial charge in [-0.25, -0.2) is 0 Å². The number of thiophene rings is 1. The highest BCUT2D eigenvalue weighted by molar-refractivity contribution is 7.26. The van der Waals surface area contributed by atoms with E-state index in [1.165, 1.54) is 120 Å². The highest BCUT2D eigenvalue weighted by Crippen LogP contribution is 2.58. The first kappa shape index (κ1) is 46.4. The van der Waals surface area contributed by atoms with Gasteiger partial charge in [0.1, 0.15) is 0 Å². The topological polar surface area (TPSA) is 3.24 Å². The molecule has 15 rings (SSSR count). The van der Waals surface area contributed by atoms with Crippen molar-refractivity contribution in [2.24, 2.45) is 0 Å². The number of fused-ring (bicyclic) bond motifs is 7. The molecule has 0 unspecified atom stereocenters. The van der Waals surface area contributed by atoms with E-state index in [1.54, 1.807) is 0 Å². The summed E-state index contributed by atoms with van der Waals surface area (Å²) in [4.78, 5) is 2.39. The molecule has 0 saturated heterocycles. The molecule has 0 radical (unpaired) electrons. The van der Waals surface area contributed by atoms with Gasteiger partial charge in [0.15, 0.2) is 0 Å². The maximum atomic E-state index is 2.39. The van der Waals surface area contributed by atoms with Crippen LogP contribution in [0.5, 0.6) is 0 Å². The van der Waals surface area contributed by atoms with Crippen molar-refractivity contribution in [1.82, 2.24) is 0 Å². The fraction of sp³-hybridized carbons (Fsp3) is 0.0130. The average Bonchev–Trinajstić information content (AvgIpc) is 4.28. The Labute approximate surface area is 465 Å². The second-order valence-electron chi connectivity index (χ2n) is 20.7. The summed E-state index contributed by atoms with van der Waals surface area (Å²) in [5, 5.41) is 5.13. The lowest BCUT2D eigenvalue weighted by atomic mass is 9.67. The third kappa shape index (κ3) is 7.91. The largest absolute Gasteiger partial charge is 0.311 e. The minimum Gasteiger partial charge on any atom is -0.311 e. The van der Waals surface area contributed by atoms with E-state index < -0.39 is 5.41 Å². The van der Waals surface area contributed by atoms with Gasteiger partial charge in [-0.2, -0.15) is 0 Å². The molecule has 0 aliphatic heterocycles. The number of hydrogen-bond donors (Lipinski definition) is 0. The Bertz CT molecular complexity index is 4520. The molecule has 1 aliphatic rings. The van der Waals surface area contributed by atoms with Crippen LogP contribution in [0.2, 0.25) is 0 Å². The lowest BCUT2D eigenvalue weighted by molar-refractivity contribution is 0.768. The van der Waals surface area contributed by atoms with Crippen LogP contribution in [0.1, 0.15) is 22.3 Å². The summed E-state index contributed by atoms with van der Waals surface area (Å²) in [5.74, 6) is 0. The van der Waals surface area contributed by atoms with Crippen LogP contribution in [0, 0.1) is 0 Å². The Kier molecular flexibility index (Phi) is 11.3. The summed E-state index contributed by atoms with van der Waals surface area (Å²) in [5.41, 5.74) is 22.6. The van der Waals surface area contributed by atoms with Crippen LogP contribution in [0.15, 0.2) is 309 Å². The molecule has 2 heteroatoms. The van der Waals surface area contributed by atoms with E-state index in [-0.39, 0.29) is 0 Å². The Morgan fingerprint density at radius 1 is 0.266 bits per heavy atom. The van der Waals surface area contributed by atoms with Crippen molar-refractivity contribution < 1.29 is 0 Å². The van der Waals surface area contributed by atoms with Crippen molar-refractivity contribution in [1.29, 1.82) is 0 Å². The molecule has 0 N–H and O–H groups in total. The third-order valence-electron chi connectivity index (χ3n) is 16.4. The van der Waals surface area contributed by atoms with Crippen molar-refractivity contribution in [3.8, 4) is 66.8 Å². The highest BCUT2D eigenvalue weighted by Gasteiger charge is 2.46. The lowest BCUT2D eigenvalue weighted by Crippen LogP contribution is -2.28. The van der Waals surface area contributed by atoms with Gasteiger partial charge in [-0.1, -0.05) is 255 Å². The Morgan fingerprint density at radius 2 is 0.709 bits per heavy atom. The predicted molar refractivity (Wildman–Crippen MR) is 336 cm³/mol. The molecule has 0 fully saturated rings. The molecule has 0 saturated carbocycles. The van der Waals surface area contributed by atoms with Crippen LogP contribution in [-0.4, -0.2) is 0 Å². The molecule has 1 heterocycles. The summed E-state index contributed by atoms with van der Waals surface area (Å²) in [6, 6.07) is 114. The SMILES string of the molecule is c1ccc(C2(c3ccccc3)c3ccccc3-c3c(-c4ccc(N(c5ccc(-c6ccc(-c7cccc(-c8ccc9ccccc9c8)c7)cc6)cc5)c5ccc(-c6cccc7c6sc6ccccc67)cc5)cc4)cccc32)cc1. The lowest BCUT2D eigenvalue weighted by Gasteiger charge is -2.34. The second kappa shape index (κ2) is 19.3. The van der Waals surface area contributed by atoms with E-state index in [2.05, 4.69) is 314 Å². The fourth-order valence-corrected chi connectivity index (χ4v) is 13.9. The van der Waals surface area contributed by atoms with Crippen LogP contribution in [0.3, 0.4) is 0 Å². The minimum absolute atomic E-state index is 0.463. The zero-order valence-electron chi connectivity index (χ0n) is 43.3. The molecule has 1 aromatic heterocycles. The predicted octanol–water partition coefficient (Wildman–Crippen LogP) is 21.4. The fourth-order valence-electron chi connectivity index (χ4n) is 12.6. The van der Waals surface area contributed by atoms with Crippen molar-refractivity contribution in [3.05, 3.63) is 332 Å². The standard InChI is InChI=1S/C77H51NS/c1-3-20-62(21-4-1)77(63-22-5-2-6-23-63)72-29-11-9-25-71(72)75-67(26-15-30-73(75)77)56-40-46-65(47-41-56)78(66-48-42-57(43-49-66)68-27-14-28-70-69-24-10-12-31-74(69)79-76(68)70)64-44-38-54(39-45-64)53-32-34-55(35-33-53)59-18-13-19-60(50-59)61-37-36-52-16-7-8-17-58(52)51-61/h1-51H. The molecule has 14 aromatic rings. The Balaban J connectivity index is 0.793. The molecule has 0 atom stereocenters. The number of benzene rings is 13. The molecule has 79 heavy (non-hydrogen) atoms. The normalized spacial score (nSPS) is 12.4. The smallest absolute Gasteiger partial charge is 0.0713 e. The van der Waals surface area contributed by atoms with Crippen LogP contribution >= 0.6 is 11.3 Å². The minimum atomic E-state index is -0.463. The van der Waals surface area contributed by atoms with E-state index in [4.69, 9.17) is 0 Å². The Hall–Kier alpha value is -9.86. The van der Waals surface area contributed by atoms with Gasteiger partial charge in [0.25, 0.3) is 0 Å². The van der Waals surface area contributed by atoms with Gasteiger partial charge in [-0.3, -0.25) is 0 Å². The molecule has 13 aromatic carbocycles. The van der Waals surface area contributed by atoms with Gasteiger partial charge in [0.2, 0.25) is 0 Å². The maximum absolute atomic E-state index is 2.39. The molecule has 0 amide bonds. The van der Waals surface area contributed by atoms with E-state index in [0.29, 0.717) is 0 Å². The molecular formula is C77H51NS. The van der Waals surface area contributed by atoms with Crippen LogP contribution in [-0.2, 0) is 5.41 Å². The van der Waals surface area contributed by atoms with Gasteiger partial charge in [0.05, 0.1) is 5.41 Å². The van der Waals surface area contributed by atoms with Crippen LogP contribution in [0.4, 0.5) is 17.1 Å². The van der Waals surface area contributed by atoms with E-state index in [0.717, 1.165) is 17.1 Å². The molecule has 1 nitrogen and oxygen atoms in total. The molecule has 0 spiro atoms. The first-order valence-electron chi connectivity index (χ1n) is 27.2. The van der Waals surface area contributed by atoms with E-state index >= 15 is 0 Å². The zero-order chi connectivity index (χ0) is 52.3. The van der Waals surface area contributed by atoms with Gasteiger partial charge in [0, 0.05) is 37.2 Å². The highest BCUT2D eigenvalue weighted by atomic mass is 32.1. The molecule has 0 bridgehead atoms. The summed E-state index contributed by atoms with van der Waals surface area (Å²) < 4.78 is 2.64. The van der Waals surface area contributed by atoms with Crippen molar-refractivity contribution in [2.45, 2.75) is 5.41 Å². The third-order valence-corrected chi connectivity index (χ3v) is 17.6. The molecule has 1 aliphatic carbocycles. The zero-order valence-corrected chi connectivity index (χ0v) is 44.1. The summed E-state index contributed by atoms with van der Waals surface area (Å²) >= 11 is 1.88. The van der Waals surface area contributed by atoms with Crippen molar-refractivity contribution >= 4 is 59.3 Å². The summed E-state index contributed by atoms with van der Waals surface area (Å²) in [6.07, 6.45) is 0. The van der Waals surface area contributed by atoms with Gasteiger partial charge < -0.3 is 4.90 Å². The van der Waals surface area contributed by atoms with Crippen molar-refractivity contribution in [3.63, 3.8) is 0 Å². The number of nitrogens with zero attached hydrogens (tertiary/aromatic N) is 1. The van der Waals surface area contributed by atoms with Crippen LogP contribution < -0.4 is 4.90 Å². The van der Waals surface area contributed by atoms with E-state index in [9.17, 15) is 0 Å². The molecule has 370 valence electrons. The van der Waals surface area contributed by atoms with Crippen molar-refractivity contribution in [2.75, 3.05) is 4.90 Å². The Morgan fingerprint density at radius 3 is 1.39 bits per heavy atom. The van der Waals surface area contributed by atoms with Gasteiger partial charge in [-0.15, -0.1) is 11.3 Å². The van der Waals surface area contributed by atoms with Crippen LogP contribution in [0.25, 0.3) is 97.7 Å². The maximum Gasteiger partial charge on any atom is 0.0713 e. The number of hydrogen-bond acceptors (Lipinski definition) is 2. The quantitative estimate of drug-likeness (QED) is 0.132. The summed E-state index contributed by atoms with van der Waals surface area (Å²) in [6.45, 7) is 0.